The molecule has 1 aliphatic heterocycles. The van der Waals surface area contributed by atoms with Crippen molar-refractivity contribution in [1.82, 2.24) is 14.0 Å². The van der Waals surface area contributed by atoms with E-state index in [0.29, 0.717) is 32.4 Å². The van der Waals surface area contributed by atoms with Crippen molar-refractivity contribution in [2.75, 3.05) is 13.1 Å². The number of aliphatic hydroxyl groups excluding tert-OH is 1. The molecule has 3 rings (SSSR count). The van der Waals surface area contributed by atoms with Crippen molar-refractivity contribution in [2.45, 2.75) is 57.1 Å². The molecule has 1 aromatic rings. The van der Waals surface area contributed by atoms with E-state index < -0.39 is 10.2 Å². The van der Waals surface area contributed by atoms with E-state index in [0.717, 1.165) is 31.4 Å². The summed E-state index contributed by atoms with van der Waals surface area (Å²) in [6.07, 6.45) is 7.33. The Hall–Kier alpha value is -1.02. The molecule has 1 atom stereocenters. The van der Waals surface area contributed by atoms with Gasteiger partial charge in [-0.15, -0.1) is 0 Å². The molecule has 1 aromatic heterocycles. The van der Waals surface area contributed by atoms with Crippen LogP contribution in [0.3, 0.4) is 0 Å². The first-order valence-electron chi connectivity index (χ1n) is 8.90. The first kappa shape index (κ1) is 17.8. The van der Waals surface area contributed by atoms with Gasteiger partial charge >= 0.3 is 0 Å². The van der Waals surface area contributed by atoms with Gasteiger partial charge in [-0.05, 0) is 43.7 Å². The molecule has 24 heavy (non-hydrogen) atoms. The topological polar surface area (TPSA) is 82.5 Å². The molecule has 0 radical (unpaired) electrons. The number of nitrogens with one attached hydrogen (secondary N) is 1. The lowest BCUT2D eigenvalue weighted by Gasteiger charge is -2.38. The minimum absolute atomic E-state index is 0.170. The molecule has 0 spiro atoms. The van der Waals surface area contributed by atoms with Gasteiger partial charge in [-0.25, -0.2) is 0 Å². The Morgan fingerprint density at radius 3 is 2.50 bits per heavy atom. The van der Waals surface area contributed by atoms with E-state index in [2.05, 4.69) is 9.71 Å². The Kier molecular flexibility index (Phi) is 5.86. The third kappa shape index (κ3) is 4.53. The smallest absolute Gasteiger partial charge is 0.279 e. The molecule has 0 bridgehead atoms. The molecule has 0 unspecified atom stereocenters. The largest absolute Gasteiger partial charge is 0.393 e. The molecule has 1 saturated heterocycles. The summed E-state index contributed by atoms with van der Waals surface area (Å²) in [6.45, 7) is 1.19. The summed E-state index contributed by atoms with van der Waals surface area (Å²) in [5.74, 6) is 0.170. The van der Waals surface area contributed by atoms with E-state index in [1.165, 1.54) is 0 Å². The average Bonchev–Trinajstić information content (AvgIpc) is 2.82. The fourth-order valence-corrected chi connectivity index (χ4v) is 5.10. The van der Waals surface area contributed by atoms with Gasteiger partial charge in [0.2, 0.25) is 0 Å². The molecule has 1 aliphatic carbocycles. The van der Waals surface area contributed by atoms with Crippen LogP contribution in [0.2, 0.25) is 0 Å². The van der Waals surface area contributed by atoms with Crippen LogP contribution >= 0.6 is 0 Å². The highest BCUT2D eigenvalue weighted by Crippen LogP contribution is 2.32. The zero-order valence-corrected chi connectivity index (χ0v) is 14.8. The lowest BCUT2D eigenvalue weighted by atomic mass is 9.76. The number of hydrogen-bond donors (Lipinski definition) is 2. The molecule has 7 heteroatoms. The lowest BCUT2D eigenvalue weighted by Crippen LogP contribution is -2.52. The quantitative estimate of drug-likeness (QED) is 0.811. The first-order valence-corrected chi connectivity index (χ1v) is 10.3. The van der Waals surface area contributed by atoms with Crippen molar-refractivity contribution in [3.8, 4) is 0 Å². The summed E-state index contributed by atoms with van der Waals surface area (Å²) in [5.41, 5.74) is 0.877. The van der Waals surface area contributed by atoms with Crippen molar-refractivity contribution in [1.29, 1.82) is 0 Å². The maximum Gasteiger partial charge on any atom is 0.279 e. The highest BCUT2D eigenvalue weighted by Gasteiger charge is 2.37. The molecule has 1 saturated carbocycles. The number of rotatable bonds is 6. The Labute approximate surface area is 144 Å². The van der Waals surface area contributed by atoms with E-state index in [4.69, 9.17) is 0 Å². The molecule has 0 amide bonds. The van der Waals surface area contributed by atoms with Crippen LogP contribution in [0.15, 0.2) is 24.4 Å². The predicted octanol–water partition coefficient (Wildman–Crippen LogP) is 1.47. The van der Waals surface area contributed by atoms with E-state index >= 15 is 0 Å². The van der Waals surface area contributed by atoms with E-state index in [1.54, 1.807) is 10.5 Å². The minimum Gasteiger partial charge on any atom is -0.393 e. The Bertz CT molecular complexity index is 609. The van der Waals surface area contributed by atoms with Gasteiger partial charge in [0.15, 0.2) is 0 Å². The minimum atomic E-state index is -3.49. The van der Waals surface area contributed by atoms with Gasteiger partial charge in [-0.3, -0.25) is 4.98 Å². The van der Waals surface area contributed by atoms with Crippen molar-refractivity contribution in [2.24, 2.45) is 5.92 Å². The van der Waals surface area contributed by atoms with Gasteiger partial charge in [0.1, 0.15) is 0 Å². The summed E-state index contributed by atoms with van der Waals surface area (Å²) < 4.78 is 30.1. The van der Waals surface area contributed by atoms with Gasteiger partial charge in [0.05, 0.1) is 6.10 Å². The SMILES string of the molecule is O=S(=O)(N[C@H](Cc1ccccn1)C1CC(O)C1)N1CCCCCC1. The monoisotopic (exact) mass is 353 g/mol. The lowest BCUT2D eigenvalue weighted by molar-refractivity contribution is 0.0279. The predicted molar refractivity (Wildman–Crippen MR) is 92.6 cm³/mol. The molecule has 2 heterocycles. The second-order valence-corrected chi connectivity index (χ2v) is 8.66. The van der Waals surface area contributed by atoms with E-state index in [1.807, 2.05) is 18.2 Å². The average molecular weight is 353 g/mol. The highest BCUT2D eigenvalue weighted by atomic mass is 32.2. The highest BCUT2D eigenvalue weighted by molar-refractivity contribution is 7.87. The van der Waals surface area contributed by atoms with Crippen molar-refractivity contribution in [3.05, 3.63) is 30.1 Å². The summed E-state index contributed by atoms with van der Waals surface area (Å²) >= 11 is 0. The molecule has 2 aliphatic rings. The fraction of sp³-hybridized carbons (Fsp3) is 0.706. The second-order valence-electron chi connectivity index (χ2n) is 6.95. The number of pyridine rings is 1. The van der Waals surface area contributed by atoms with Crippen molar-refractivity contribution in [3.63, 3.8) is 0 Å². The van der Waals surface area contributed by atoms with Gasteiger partial charge in [0.25, 0.3) is 10.2 Å². The van der Waals surface area contributed by atoms with Gasteiger partial charge < -0.3 is 5.11 Å². The summed E-state index contributed by atoms with van der Waals surface area (Å²) in [7, 11) is -3.49. The fourth-order valence-electron chi connectivity index (χ4n) is 3.56. The molecule has 2 N–H and O–H groups in total. The molecular weight excluding hydrogens is 326 g/mol. The van der Waals surface area contributed by atoms with Crippen LogP contribution in [0.25, 0.3) is 0 Å². The second kappa shape index (κ2) is 7.91. The van der Waals surface area contributed by atoms with E-state index in [-0.39, 0.29) is 18.1 Å². The van der Waals surface area contributed by atoms with Crippen molar-refractivity contribution < 1.29 is 13.5 Å². The van der Waals surface area contributed by atoms with Crippen LogP contribution < -0.4 is 4.72 Å². The molecule has 134 valence electrons. The van der Waals surface area contributed by atoms with Gasteiger partial charge in [-0.2, -0.15) is 17.4 Å². The number of aromatic nitrogens is 1. The molecule has 0 aromatic carbocycles. The number of aliphatic hydroxyl groups is 1. The Morgan fingerprint density at radius 1 is 1.21 bits per heavy atom. The molecule has 2 fully saturated rings. The van der Waals surface area contributed by atoms with Crippen LogP contribution in [-0.2, 0) is 16.6 Å². The standard InChI is InChI=1S/C17H27N3O3S/c21-16-11-14(12-16)17(13-15-7-3-4-8-18-15)19-24(22,23)20-9-5-1-2-6-10-20/h3-4,7-8,14,16-17,19,21H,1-2,5-6,9-13H2/t14?,16?,17-/m1/s1. The maximum atomic E-state index is 12.8. The third-order valence-corrected chi connectivity index (χ3v) is 6.72. The molecule has 6 nitrogen and oxygen atoms in total. The van der Waals surface area contributed by atoms with Crippen LogP contribution in [-0.4, -0.2) is 48.0 Å². The summed E-state index contributed by atoms with van der Waals surface area (Å²) in [6, 6.07) is 5.48. The first-order chi connectivity index (χ1) is 11.5. The van der Waals surface area contributed by atoms with Gasteiger partial charge in [-0.1, -0.05) is 18.9 Å². The maximum absolute atomic E-state index is 12.8. The zero-order valence-electron chi connectivity index (χ0n) is 14.0. The van der Waals surface area contributed by atoms with Crippen LogP contribution in [0.5, 0.6) is 0 Å². The summed E-state index contributed by atoms with van der Waals surface area (Å²) in [4.78, 5) is 4.32. The zero-order chi connectivity index (χ0) is 17.0. The normalized spacial score (nSPS) is 27.2. The molecular formula is C17H27N3O3S. The van der Waals surface area contributed by atoms with Crippen LogP contribution in [0.1, 0.15) is 44.2 Å². The van der Waals surface area contributed by atoms with Crippen LogP contribution in [0, 0.1) is 5.92 Å². The van der Waals surface area contributed by atoms with Gasteiger partial charge in [0, 0.05) is 37.4 Å². The van der Waals surface area contributed by atoms with Crippen LogP contribution in [0.4, 0.5) is 0 Å². The van der Waals surface area contributed by atoms with E-state index in [9.17, 15) is 13.5 Å². The van der Waals surface area contributed by atoms with Crippen molar-refractivity contribution >= 4 is 10.2 Å². The number of hydrogen-bond acceptors (Lipinski definition) is 4. The number of nitrogens with zero attached hydrogens (tertiary/aromatic N) is 2. The summed E-state index contributed by atoms with van der Waals surface area (Å²) in [5, 5.41) is 9.61. The Morgan fingerprint density at radius 2 is 1.92 bits per heavy atom. The third-order valence-electron chi connectivity index (χ3n) is 5.08. The Balaban J connectivity index is 1.70.